The molecule has 0 spiro atoms. The predicted octanol–water partition coefficient (Wildman–Crippen LogP) is 4.96. The van der Waals surface area contributed by atoms with Crippen LogP contribution in [0, 0.1) is 0 Å². The fourth-order valence-electron chi connectivity index (χ4n) is 3.01. The van der Waals surface area contributed by atoms with Gasteiger partial charge in [0.2, 0.25) is 0 Å². The van der Waals surface area contributed by atoms with E-state index in [1.807, 2.05) is 0 Å². The first-order valence-corrected chi connectivity index (χ1v) is 12.1. The highest BCUT2D eigenvalue weighted by Gasteiger charge is 2.20. The first-order chi connectivity index (χ1) is 15.4. The lowest BCUT2D eigenvalue weighted by Crippen LogP contribution is -2.31. The van der Waals surface area contributed by atoms with Crippen LogP contribution in [0.5, 0.6) is 0 Å². The Balaban J connectivity index is 4.35. The lowest BCUT2D eigenvalue weighted by molar-refractivity contribution is -0.167. The summed E-state index contributed by atoms with van der Waals surface area (Å²) in [6.45, 7) is 3.81. The van der Waals surface area contributed by atoms with Crippen molar-refractivity contribution in [1.29, 1.82) is 0 Å². The highest BCUT2D eigenvalue weighted by Crippen LogP contribution is 2.09. The average Bonchev–Trinajstić information content (AvgIpc) is 2.76. The molecule has 0 aliphatic heterocycles. The van der Waals surface area contributed by atoms with Crippen molar-refractivity contribution in [3.8, 4) is 0 Å². The predicted molar refractivity (Wildman–Crippen MR) is 120 cm³/mol. The van der Waals surface area contributed by atoms with Gasteiger partial charge in [-0.05, 0) is 12.8 Å². The highest BCUT2D eigenvalue weighted by atomic mass is 16.6. The third-order valence-corrected chi connectivity index (χ3v) is 4.92. The molecule has 0 bridgehead atoms. The van der Waals surface area contributed by atoms with Gasteiger partial charge >= 0.3 is 23.9 Å². The molecule has 0 aliphatic rings. The van der Waals surface area contributed by atoms with Gasteiger partial charge in [-0.1, -0.05) is 71.6 Å². The summed E-state index contributed by atoms with van der Waals surface area (Å²) >= 11 is 0. The van der Waals surface area contributed by atoms with E-state index in [1.165, 1.54) is 6.42 Å². The van der Waals surface area contributed by atoms with E-state index in [1.54, 1.807) is 0 Å². The number of carboxylic acids is 1. The minimum absolute atomic E-state index is 0.225. The molecule has 0 saturated heterocycles. The van der Waals surface area contributed by atoms with Gasteiger partial charge in [-0.15, -0.1) is 0 Å². The van der Waals surface area contributed by atoms with Crippen LogP contribution in [0.1, 0.15) is 110 Å². The number of carboxylic acid groups (broad SMARTS) is 1. The number of hydrogen-bond donors (Lipinski definition) is 1. The standard InChI is InChI=1S/C24H42O8/c1-3-5-7-9-11-13-15-23(28)31-19-20(32-24(29)17-16-21(25)26)18-30-22(27)14-12-10-8-6-4-2/h20H,3-19H2,1-2H3,(H,25,26). The summed E-state index contributed by atoms with van der Waals surface area (Å²) in [5.74, 6) is -2.64. The first kappa shape index (κ1) is 29.9. The van der Waals surface area contributed by atoms with Gasteiger partial charge in [0.15, 0.2) is 6.10 Å². The quantitative estimate of drug-likeness (QED) is 0.146. The molecule has 0 aliphatic carbocycles. The molecule has 0 radical (unpaired) electrons. The largest absolute Gasteiger partial charge is 0.481 e. The Morgan fingerprint density at radius 1 is 0.594 bits per heavy atom. The smallest absolute Gasteiger partial charge is 0.306 e. The number of unbranched alkanes of at least 4 members (excludes halogenated alkanes) is 9. The van der Waals surface area contributed by atoms with Gasteiger partial charge in [0, 0.05) is 12.8 Å². The molecular weight excluding hydrogens is 416 g/mol. The number of aliphatic carboxylic acids is 1. The van der Waals surface area contributed by atoms with Crippen molar-refractivity contribution in [2.45, 2.75) is 116 Å². The van der Waals surface area contributed by atoms with E-state index in [0.29, 0.717) is 0 Å². The molecular formula is C24H42O8. The molecule has 0 aromatic carbocycles. The molecule has 0 amide bonds. The van der Waals surface area contributed by atoms with Crippen molar-refractivity contribution >= 4 is 23.9 Å². The van der Waals surface area contributed by atoms with Crippen LogP contribution in [0.4, 0.5) is 0 Å². The van der Waals surface area contributed by atoms with Gasteiger partial charge in [0.1, 0.15) is 13.2 Å². The number of hydrogen-bond acceptors (Lipinski definition) is 7. The van der Waals surface area contributed by atoms with E-state index in [-0.39, 0.29) is 38.9 Å². The summed E-state index contributed by atoms with van der Waals surface area (Å²) in [5, 5.41) is 8.69. The number of ether oxygens (including phenoxy) is 3. The van der Waals surface area contributed by atoms with Crippen molar-refractivity contribution in [3.63, 3.8) is 0 Å². The molecule has 1 N–H and O–H groups in total. The van der Waals surface area contributed by atoms with E-state index in [4.69, 9.17) is 19.3 Å². The van der Waals surface area contributed by atoms with E-state index in [9.17, 15) is 19.2 Å². The van der Waals surface area contributed by atoms with E-state index >= 15 is 0 Å². The summed E-state index contributed by atoms with van der Waals surface area (Å²) in [7, 11) is 0. The van der Waals surface area contributed by atoms with Gasteiger partial charge in [-0.2, -0.15) is 0 Å². The van der Waals surface area contributed by atoms with Crippen molar-refractivity contribution in [2.75, 3.05) is 13.2 Å². The molecule has 1 unspecified atom stereocenters. The van der Waals surface area contributed by atoms with Crippen molar-refractivity contribution in [2.24, 2.45) is 0 Å². The van der Waals surface area contributed by atoms with Crippen LogP contribution in [0.25, 0.3) is 0 Å². The van der Waals surface area contributed by atoms with E-state index in [0.717, 1.165) is 64.2 Å². The van der Waals surface area contributed by atoms with Crippen molar-refractivity contribution < 1.29 is 38.5 Å². The van der Waals surface area contributed by atoms with Gasteiger partial charge in [-0.25, -0.2) is 0 Å². The van der Waals surface area contributed by atoms with Crippen LogP contribution in [0.15, 0.2) is 0 Å². The molecule has 0 fully saturated rings. The zero-order valence-electron chi connectivity index (χ0n) is 19.9. The second kappa shape index (κ2) is 20.8. The molecule has 0 saturated carbocycles. The Morgan fingerprint density at radius 2 is 1.03 bits per heavy atom. The molecule has 1 atom stereocenters. The minimum Gasteiger partial charge on any atom is -0.481 e. The SMILES string of the molecule is CCCCCCCCC(=O)OCC(COC(=O)CCCCCCC)OC(=O)CCC(=O)O. The number of carbonyl (C=O) groups is 4. The van der Waals surface area contributed by atoms with E-state index in [2.05, 4.69) is 13.8 Å². The Bertz CT molecular complexity index is 532. The van der Waals surface area contributed by atoms with Gasteiger partial charge in [0.05, 0.1) is 12.8 Å². The minimum atomic E-state index is -1.11. The third-order valence-electron chi connectivity index (χ3n) is 4.92. The van der Waals surface area contributed by atoms with Crippen molar-refractivity contribution in [1.82, 2.24) is 0 Å². The number of carbonyl (C=O) groups excluding carboxylic acids is 3. The molecule has 186 valence electrons. The molecule has 32 heavy (non-hydrogen) atoms. The van der Waals surface area contributed by atoms with Crippen LogP contribution < -0.4 is 0 Å². The topological polar surface area (TPSA) is 116 Å². The maximum absolute atomic E-state index is 12.0. The van der Waals surface area contributed by atoms with Crippen LogP contribution in [0.2, 0.25) is 0 Å². The lowest BCUT2D eigenvalue weighted by atomic mass is 10.1. The Labute approximate surface area is 192 Å². The fraction of sp³-hybridized carbons (Fsp3) is 0.833. The van der Waals surface area contributed by atoms with Crippen LogP contribution >= 0.6 is 0 Å². The Morgan fingerprint density at radius 3 is 1.47 bits per heavy atom. The fourth-order valence-corrected chi connectivity index (χ4v) is 3.01. The molecule has 0 heterocycles. The second-order valence-corrected chi connectivity index (χ2v) is 8.05. The maximum Gasteiger partial charge on any atom is 0.306 e. The number of rotatable bonds is 21. The maximum atomic E-state index is 12.0. The second-order valence-electron chi connectivity index (χ2n) is 8.05. The molecule has 0 aromatic rings. The summed E-state index contributed by atoms with van der Waals surface area (Å²) in [6.07, 6.45) is 10.2. The molecule has 8 nitrogen and oxygen atoms in total. The summed E-state index contributed by atoms with van der Waals surface area (Å²) in [6, 6.07) is 0. The molecule has 8 heteroatoms. The van der Waals surface area contributed by atoms with Crippen LogP contribution in [-0.2, 0) is 33.4 Å². The zero-order chi connectivity index (χ0) is 24.0. The zero-order valence-corrected chi connectivity index (χ0v) is 19.9. The lowest BCUT2D eigenvalue weighted by Gasteiger charge is -2.18. The number of esters is 3. The summed E-state index contributed by atoms with van der Waals surface area (Å²) in [4.78, 5) is 46.3. The normalized spacial score (nSPS) is 11.6. The molecule has 0 aromatic heterocycles. The summed E-state index contributed by atoms with van der Waals surface area (Å²) in [5.41, 5.74) is 0. The van der Waals surface area contributed by atoms with Gasteiger partial charge in [-0.3, -0.25) is 19.2 Å². The molecule has 0 rings (SSSR count). The monoisotopic (exact) mass is 458 g/mol. The van der Waals surface area contributed by atoms with Crippen LogP contribution in [-0.4, -0.2) is 48.3 Å². The first-order valence-electron chi connectivity index (χ1n) is 12.1. The average molecular weight is 459 g/mol. The Hall–Kier alpha value is -2.12. The van der Waals surface area contributed by atoms with E-state index < -0.39 is 30.0 Å². The summed E-state index contributed by atoms with van der Waals surface area (Å²) < 4.78 is 15.5. The van der Waals surface area contributed by atoms with Gasteiger partial charge < -0.3 is 19.3 Å². The Kier molecular flexibility index (Phi) is 19.4. The third kappa shape index (κ3) is 19.8. The highest BCUT2D eigenvalue weighted by molar-refractivity contribution is 5.76. The van der Waals surface area contributed by atoms with Crippen LogP contribution in [0.3, 0.4) is 0 Å². The van der Waals surface area contributed by atoms with Gasteiger partial charge in [0.25, 0.3) is 0 Å². The van der Waals surface area contributed by atoms with Crippen molar-refractivity contribution in [3.05, 3.63) is 0 Å².